The number of hydrogen-bond donors (Lipinski definition) is 0. The van der Waals surface area contributed by atoms with E-state index in [1.165, 1.54) is 24.8 Å². The molecule has 2 heteroatoms. The molecule has 0 heterocycles. The molecule has 19 heavy (non-hydrogen) atoms. The third-order valence-corrected chi connectivity index (χ3v) is 7.14. The Labute approximate surface area is 116 Å². The lowest BCUT2D eigenvalue weighted by Gasteiger charge is -2.46. The van der Waals surface area contributed by atoms with Crippen molar-refractivity contribution in [3.05, 3.63) is 11.6 Å². The smallest absolute Gasteiger partial charge is 0.302 e. The Balaban J connectivity index is 2.15. The number of allylic oxidation sites excluding steroid dienone is 1. The molecule has 2 bridgehead atoms. The summed E-state index contributed by atoms with van der Waals surface area (Å²) >= 11 is 0. The summed E-state index contributed by atoms with van der Waals surface area (Å²) in [5.41, 5.74) is 2.13. The predicted molar refractivity (Wildman–Crippen MR) is 75.6 cm³/mol. The minimum absolute atomic E-state index is 0.0744. The molecule has 0 spiro atoms. The normalized spacial score (nSPS) is 51.7. The van der Waals surface area contributed by atoms with Gasteiger partial charge in [0.2, 0.25) is 0 Å². The van der Waals surface area contributed by atoms with E-state index in [-0.39, 0.29) is 17.5 Å². The van der Waals surface area contributed by atoms with Gasteiger partial charge in [0.05, 0.1) is 0 Å². The largest absolute Gasteiger partial charge is 0.461 e. The molecule has 0 aromatic rings. The fourth-order valence-electron chi connectivity index (χ4n) is 5.78. The first-order chi connectivity index (χ1) is 8.76. The van der Waals surface area contributed by atoms with Crippen molar-refractivity contribution in [2.75, 3.05) is 0 Å². The average molecular weight is 262 g/mol. The lowest BCUT2D eigenvalue weighted by molar-refractivity contribution is -0.156. The molecule has 3 rings (SSSR count). The van der Waals surface area contributed by atoms with Crippen LogP contribution in [0.3, 0.4) is 0 Å². The lowest BCUT2D eigenvalue weighted by atomic mass is 9.59. The maximum Gasteiger partial charge on any atom is 0.302 e. The van der Waals surface area contributed by atoms with Crippen LogP contribution < -0.4 is 0 Å². The fraction of sp³-hybridized carbons (Fsp3) is 0.824. The van der Waals surface area contributed by atoms with Gasteiger partial charge in [0.15, 0.2) is 0 Å². The highest BCUT2D eigenvalue weighted by Gasteiger charge is 2.73. The van der Waals surface area contributed by atoms with E-state index in [1.807, 2.05) is 0 Å². The fourth-order valence-corrected chi connectivity index (χ4v) is 5.78. The molecule has 0 N–H and O–H groups in total. The van der Waals surface area contributed by atoms with Crippen LogP contribution in [0.4, 0.5) is 0 Å². The molecule has 0 saturated heterocycles. The summed E-state index contributed by atoms with van der Waals surface area (Å²) in [7, 11) is 0. The SMILES string of the molecule is CC(=O)O[C@H]1[C@@H]2C(C)=CC[C@@]1(C)[C@@]1(C)CCC[C@@]21C. The standard InChI is InChI=1S/C17H26O2/c1-11-7-10-16(4)14(19-12(2)18)13(11)15(3)8-6-9-17(15,16)5/h7,13-14H,6,8-10H2,1-5H3/t13-,14-,15-,16+,17-/m0/s1. The van der Waals surface area contributed by atoms with Crippen LogP contribution in [0.2, 0.25) is 0 Å². The van der Waals surface area contributed by atoms with E-state index in [2.05, 4.69) is 33.8 Å². The van der Waals surface area contributed by atoms with Crippen molar-refractivity contribution < 1.29 is 9.53 Å². The molecular formula is C17H26O2. The van der Waals surface area contributed by atoms with E-state index in [0.717, 1.165) is 6.42 Å². The monoisotopic (exact) mass is 262 g/mol. The zero-order chi connectivity index (χ0) is 14.1. The van der Waals surface area contributed by atoms with Crippen molar-refractivity contribution in [1.29, 1.82) is 0 Å². The highest BCUT2D eigenvalue weighted by molar-refractivity contribution is 5.66. The van der Waals surface area contributed by atoms with E-state index < -0.39 is 0 Å². The van der Waals surface area contributed by atoms with E-state index in [9.17, 15) is 4.79 Å². The van der Waals surface area contributed by atoms with Crippen molar-refractivity contribution in [3.63, 3.8) is 0 Å². The van der Waals surface area contributed by atoms with Crippen molar-refractivity contribution in [1.82, 2.24) is 0 Å². The lowest BCUT2D eigenvalue weighted by Crippen LogP contribution is -2.44. The summed E-state index contributed by atoms with van der Waals surface area (Å²) in [6.45, 7) is 11.0. The summed E-state index contributed by atoms with van der Waals surface area (Å²) in [6.07, 6.45) is 7.39. The maximum atomic E-state index is 11.6. The van der Waals surface area contributed by atoms with Crippen LogP contribution in [0.15, 0.2) is 11.6 Å². The number of fused-ring (bicyclic) bond motifs is 5. The molecule has 5 atom stereocenters. The minimum atomic E-state index is -0.122. The first-order valence-corrected chi connectivity index (χ1v) is 7.60. The van der Waals surface area contributed by atoms with E-state index >= 15 is 0 Å². The molecule has 0 unspecified atom stereocenters. The van der Waals surface area contributed by atoms with Gasteiger partial charge in [0.1, 0.15) is 6.10 Å². The summed E-state index contributed by atoms with van der Waals surface area (Å²) in [6, 6.07) is 0. The predicted octanol–water partition coefficient (Wildman–Crippen LogP) is 4.10. The molecule has 0 aromatic heterocycles. The van der Waals surface area contributed by atoms with E-state index in [4.69, 9.17) is 4.74 Å². The molecule has 2 saturated carbocycles. The minimum Gasteiger partial charge on any atom is -0.461 e. The Kier molecular flexibility index (Phi) is 2.54. The van der Waals surface area contributed by atoms with Crippen molar-refractivity contribution in [2.24, 2.45) is 22.2 Å². The van der Waals surface area contributed by atoms with Crippen LogP contribution in [0.5, 0.6) is 0 Å². The molecule has 3 aliphatic rings. The quantitative estimate of drug-likeness (QED) is 0.525. The second-order valence-electron chi connectivity index (χ2n) is 7.68. The molecule has 3 aliphatic carbocycles. The molecule has 0 radical (unpaired) electrons. The van der Waals surface area contributed by atoms with Gasteiger partial charge in [-0.05, 0) is 37.0 Å². The third-order valence-electron chi connectivity index (χ3n) is 7.14. The number of esters is 1. The molecule has 106 valence electrons. The summed E-state index contributed by atoms with van der Waals surface area (Å²) in [5.74, 6) is 0.297. The van der Waals surface area contributed by atoms with Crippen molar-refractivity contribution >= 4 is 5.97 Å². The summed E-state index contributed by atoms with van der Waals surface area (Å²) in [4.78, 5) is 11.6. The summed E-state index contributed by atoms with van der Waals surface area (Å²) < 4.78 is 5.84. The molecule has 2 fully saturated rings. The van der Waals surface area contributed by atoms with Gasteiger partial charge in [0.25, 0.3) is 0 Å². The van der Waals surface area contributed by atoms with E-state index in [1.54, 1.807) is 6.92 Å². The Morgan fingerprint density at radius 2 is 1.95 bits per heavy atom. The zero-order valence-corrected chi connectivity index (χ0v) is 12.9. The van der Waals surface area contributed by atoms with E-state index in [0.29, 0.717) is 16.7 Å². The van der Waals surface area contributed by atoms with Gasteiger partial charge in [-0.25, -0.2) is 0 Å². The van der Waals surface area contributed by atoms with Gasteiger partial charge in [-0.2, -0.15) is 0 Å². The number of rotatable bonds is 1. The second kappa shape index (κ2) is 3.65. The van der Waals surface area contributed by atoms with Crippen LogP contribution in [-0.2, 0) is 9.53 Å². The molecule has 0 aliphatic heterocycles. The first kappa shape index (κ1) is 13.2. The van der Waals surface area contributed by atoms with Crippen molar-refractivity contribution in [3.8, 4) is 0 Å². The highest BCUT2D eigenvalue weighted by Crippen LogP contribution is 2.76. The zero-order valence-electron chi connectivity index (χ0n) is 12.9. The number of carbonyl (C=O) groups is 1. The van der Waals surface area contributed by atoms with Gasteiger partial charge in [-0.15, -0.1) is 0 Å². The summed E-state index contributed by atoms with van der Waals surface area (Å²) in [5, 5.41) is 0. The molecule has 0 amide bonds. The topological polar surface area (TPSA) is 26.3 Å². The highest BCUT2D eigenvalue weighted by atomic mass is 16.5. The first-order valence-electron chi connectivity index (χ1n) is 7.60. The Morgan fingerprint density at radius 3 is 2.58 bits per heavy atom. The van der Waals surface area contributed by atoms with Crippen LogP contribution >= 0.6 is 0 Å². The van der Waals surface area contributed by atoms with Gasteiger partial charge in [-0.3, -0.25) is 4.79 Å². The second-order valence-corrected chi connectivity index (χ2v) is 7.68. The molecule has 2 nitrogen and oxygen atoms in total. The van der Waals surface area contributed by atoms with Gasteiger partial charge in [-0.1, -0.05) is 38.8 Å². The van der Waals surface area contributed by atoms with Crippen LogP contribution in [0.25, 0.3) is 0 Å². The Bertz CT molecular complexity index is 466. The maximum absolute atomic E-state index is 11.6. The number of carbonyl (C=O) groups excluding carboxylic acids is 1. The third kappa shape index (κ3) is 1.31. The van der Waals surface area contributed by atoms with Gasteiger partial charge in [0, 0.05) is 18.3 Å². The van der Waals surface area contributed by atoms with Crippen LogP contribution in [-0.4, -0.2) is 12.1 Å². The van der Waals surface area contributed by atoms with Crippen LogP contribution in [0, 0.1) is 22.2 Å². The number of hydrogen-bond acceptors (Lipinski definition) is 2. The Morgan fingerprint density at radius 1 is 1.26 bits per heavy atom. The molecule has 0 aromatic carbocycles. The Hall–Kier alpha value is -0.790. The van der Waals surface area contributed by atoms with Crippen LogP contribution in [0.1, 0.15) is 60.3 Å². The van der Waals surface area contributed by atoms with Crippen molar-refractivity contribution in [2.45, 2.75) is 66.4 Å². The molecular weight excluding hydrogens is 236 g/mol. The average Bonchev–Trinajstić information content (AvgIpc) is 2.65. The van der Waals surface area contributed by atoms with Gasteiger partial charge < -0.3 is 4.74 Å². The van der Waals surface area contributed by atoms with Gasteiger partial charge >= 0.3 is 5.97 Å². The number of ether oxygens (including phenoxy) is 1.